The Morgan fingerprint density at radius 2 is 1.89 bits per heavy atom. The van der Waals surface area contributed by atoms with E-state index in [9.17, 15) is 18.0 Å². The Morgan fingerprint density at radius 1 is 1.33 bits per heavy atom. The van der Waals surface area contributed by atoms with E-state index in [0.717, 1.165) is 30.6 Å². The lowest BCUT2D eigenvalue weighted by Crippen LogP contribution is -2.47. The molecule has 0 spiro atoms. The third kappa shape index (κ3) is 3.87. The van der Waals surface area contributed by atoms with E-state index in [4.69, 9.17) is 0 Å². The van der Waals surface area contributed by atoms with Crippen LogP contribution in [0.25, 0.3) is 0 Å². The first-order valence-electron chi connectivity index (χ1n) is 6.27. The molecular weight excluding hydrogens is 311 g/mol. The Morgan fingerprint density at radius 3 is 2.28 bits per heavy atom. The van der Waals surface area contributed by atoms with Gasteiger partial charge in [-0.1, -0.05) is 35.7 Å². The Hall–Kier alpha value is -0.260. The van der Waals surface area contributed by atoms with Gasteiger partial charge in [-0.15, -0.1) is 0 Å². The van der Waals surface area contributed by atoms with Gasteiger partial charge in [0.05, 0.1) is 0 Å². The van der Waals surface area contributed by atoms with Crippen molar-refractivity contribution in [3.05, 3.63) is 0 Å². The summed E-state index contributed by atoms with van der Waals surface area (Å²) in [7, 11) is 0. The standard InChI is InChI=1S/C12H19BrF3NO/c1-2-11(5-3-4-6-11)10(18)17(8-7-13)9-12(14,15)16/h2-9H2,1H3. The molecule has 1 aliphatic rings. The van der Waals surface area contributed by atoms with Crippen molar-refractivity contribution >= 4 is 21.8 Å². The number of halogens is 4. The highest BCUT2D eigenvalue weighted by Crippen LogP contribution is 2.42. The van der Waals surface area contributed by atoms with Crippen LogP contribution < -0.4 is 0 Å². The van der Waals surface area contributed by atoms with Gasteiger partial charge in [-0.2, -0.15) is 13.2 Å². The third-order valence-corrected chi connectivity index (χ3v) is 4.06. The van der Waals surface area contributed by atoms with Crippen LogP contribution in [0.15, 0.2) is 0 Å². The number of alkyl halides is 4. The van der Waals surface area contributed by atoms with Crippen LogP contribution in [0.5, 0.6) is 0 Å². The molecule has 0 unspecified atom stereocenters. The van der Waals surface area contributed by atoms with Crippen LogP contribution in [0.3, 0.4) is 0 Å². The SMILES string of the molecule is CCC1(C(=O)N(CCBr)CC(F)(F)F)CCCC1. The molecule has 0 aromatic carbocycles. The summed E-state index contributed by atoms with van der Waals surface area (Å²) in [4.78, 5) is 13.3. The van der Waals surface area contributed by atoms with Crippen LogP contribution in [0.1, 0.15) is 39.0 Å². The second-order valence-corrected chi connectivity index (χ2v) is 5.66. The van der Waals surface area contributed by atoms with Crippen molar-refractivity contribution in [2.45, 2.75) is 45.2 Å². The summed E-state index contributed by atoms with van der Waals surface area (Å²) in [5.74, 6) is -0.320. The molecule has 1 amide bonds. The van der Waals surface area contributed by atoms with Crippen LogP contribution in [-0.4, -0.2) is 35.4 Å². The summed E-state index contributed by atoms with van der Waals surface area (Å²) < 4.78 is 37.5. The third-order valence-electron chi connectivity index (χ3n) is 3.70. The molecule has 2 nitrogen and oxygen atoms in total. The summed E-state index contributed by atoms with van der Waals surface area (Å²) in [5, 5.41) is 0.370. The highest BCUT2D eigenvalue weighted by molar-refractivity contribution is 9.09. The maximum absolute atomic E-state index is 12.5. The van der Waals surface area contributed by atoms with Crippen LogP contribution in [-0.2, 0) is 4.79 Å². The molecule has 0 aromatic heterocycles. The predicted octanol–water partition coefficient (Wildman–Crippen LogP) is 3.74. The Bertz CT molecular complexity index is 288. The highest BCUT2D eigenvalue weighted by Gasteiger charge is 2.44. The molecule has 6 heteroatoms. The van der Waals surface area contributed by atoms with Gasteiger partial charge in [0.2, 0.25) is 5.91 Å². The summed E-state index contributed by atoms with van der Waals surface area (Å²) in [6, 6.07) is 0. The fourth-order valence-electron chi connectivity index (χ4n) is 2.68. The normalized spacial score (nSPS) is 18.9. The summed E-state index contributed by atoms with van der Waals surface area (Å²) in [6.45, 7) is 0.863. The predicted molar refractivity (Wildman–Crippen MR) is 67.6 cm³/mol. The Labute approximate surface area is 114 Å². The molecule has 0 radical (unpaired) electrons. The minimum atomic E-state index is -4.33. The molecule has 0 aromatic rings. The van der Waals surface area contributed by atoms with Gasteiger partial charge in [-0.05, 0) is 19.3 Å². The number of amides is 1. The van der Waals surface area contributed by atoms with Crippen LogP contribution in [0.2, 0.25) is 0 Å². The van der Waals surface area contributed by atoms with E-state index in [0.29, 0.717) is 11.8 Å². The van der Waals surface area contributed by atoms with E-state index in [1.54, 1.807) is 0 Å². The van der Waals surface area contributed by atoms with Gasteiger partial charge < -0.3 is 4.90 Å². The number of carbonyl (C=O) groups excluding carboxylic acids is 1. The summed E-state index contributed by atoms with van der Waals surface area (Å²) in [5.41, 5.74) is -0.548. The van der Waals surface area contributed by atoms with Gasteiger partial charge in [0.15, 0.2) is 0 Å². The highest BCUT2D eigenvalue weighted by atomic mass is 79.9. The maximum Gasteiger partial charge on any atom is 0.406 e. The fraction of sp³-hybridized carbons (Fsp3) is 0.917. The molecule has 0 bridgehead atoms. The van der Waals surface area contributed by atoms with Gasteiger partial charge in [-0.3, -0.25) is 4.79 Å². The molecule has 0 N–H and O–H groups in total. The Balaban J connectivity index is 2.81. The van der Waals surface area contributed by atoms with Crippen molar-refractivity contribution in [2.24, 2.45) is 5.41 Å². The average molecular weight is 330 g/mol. The zero-order valence-electron chi connectivity index (χ0n) is 10.5. The largest absolute Gasteiger partial charge is 0.406 e. The number of nitrogens with zero attached hydrogens (tertiary/aromatic N) is 1. The molecule has 1 saturated carbocycles. The van der Waals surface area contributed by atoms with Crippen molar-refractivity contribution in [1.82, 2.24) is 4.90 Å². The monoisotopic (exact) mass is 329 g/mol. The zero-order chi connectivity index (χ0) is 13.8. The summed E-state index contributed by atoms with van der Waals surface area (Å²) >= 11 is 3.11. The number of rotatable bonds is 5. The molecule has 1 fully saturated rings. The van der Waals surface area contributed by atoms with Gasteiger partial charge >= 0.3 is 6.18 Å². The summed E-state index contributed by atoms with van der Waals surface area (Å²) in [6.07, 6.45) is -0.382. The topological polar surface area (TPSA) is 20.3 Å². The minimum Gasteiger partial charge on any atom is -0.332 e. The lowest BCUT2D eigenvalue weighted by atomic mass is 9.82. The van der Waals surface area contributed by atoms with Crippen LogP contribution >= 0.6 is 15.9 Å². The van der Waals surface area contributed by atoms with Crippen molar-refractivity contribution in [1.29, 1.82) is 0 Å². The maximum atomic E-state index is 12.5. The molecule has 0 aliphatic heterocycles. The van der Waals surface area contributed by atoms with E-state index >= 15 is 0 Å². The fourth-order valence-corrected chi connectivity index (χ4v) is 3.10. The molecule has 106 valence electrons. The number of hydrogen-bond donors (Lipinski definition) is 0. The molecule has 1 aliphatic carbocycles. The van der Waals surface area contributed by atoms with E-state index in [1.807, 2.05) is 6.92 Å². The van der Waals surface area contributed by atoms with E-state index in [-0.39, 0.29) is 12.5 Å². The van der Waals surface area contributed by atoms with Crippen molar-refractivity contribution in [3.63, 3.8) is 0 Å². The lowest BCUT2D eigenvalue weighted by Gasteiger charge is -2.34. The smallest absolute Gasteiger partial charge is 0.332 e. The molecule has 1 rings (SSSR count). The molecule has 18 heavy (non-hydrogen) atoms. The van der Waals surface area contributed by atoms with Crippen molar-refractivity contribution < 1.29 is 18.0 Å². The first-order chi connectivity index (χ1) is 8.34. The molecule has 0 atom stereocenters. The first-order valence-corrected chi connectivity index (χ1v) is 7.39. The zero-order valence-corrected chi connectivity index (χ0v) is 12.1. The molecular formula is C12H19BrF3NO. The van der Waals surface area contributed by atoms with Crippen LogP contribution in [0.4, 0.5) is 13.2 Å². The molecule has 0 saturated heterocycles. The van der Waals surface area contributed by atoms with Crippen molar-refractivity contribution in [2.75, 3.05) is 18.4 Å². The average Bonchev–Trinajstić information content (AvgIpc) is 2.75. The first kappa shape index (κ1) is 15.8. The minimum absolute atomic E-state index is 0.111. The molecule has 0 heterocycles. The second-order valence-electron chi connectivity index (χ2n) is 4.87. The van der Waals surface area contributed by atoms with Crippen molar-refractivity contribution in [3.8, 4) is 0 Å². The quantitative estimate of drug-likeness (QED) is 0.703. The van der Waals surface area contributed by atoms with E-state index < -0.39 is 18.1 Å². The lowest BCUT2D eigenvalue weighted by molar-refractivity contribution is -0.167. The van der Waals surface area contributed by atoms with Crippen LogP contribution in [0, 0.1) is 5.41 Å². The van der Waals surface area contributed by atoms with Gasteiger partial charge in [0.1, 0.15) is 6.54 Å². The van der Waals surface area contributed by atoms with Gasteiger partial charge in [-0.25, -0.2) is 0 Å². The Kier molecular flexibility index (Phi) is 5.49. The number of carbonyl (C=O) groups is 1. The van der Waals surface area contributed by atoms with E-state index in [2.05, 4.69) is 15.9 Å². The van der Waals surface area contributed by atoms with E-state index in [1.165, 1.54) is 0 Å². The number of hydrogen-bond acceptors (Lipinski definition) is 1. The van der Waals surface area contributed by atoms with Gasteiger partial charge in [0.25, 0.3) is 0 Å². The second kappa shape index (κ2) is 6.26. The van der Waals surface area contributed by atoms with Gasteiger partial charge in [0, 0.05) is 17.3 Å².